The van der Waals surface area contributed by atoms with Crippen LogP contribution in [-0.4, -0.2) is 19.3 Å². The quantitative estimate of drug-likeness (QED) is 0.914. The molecule has 0 aliphatic heterocycles. The highest BCUT2D eigenvalue weighted by Gasteiger charge is 2.11. The van der Waals surface area contributed by atoms with Crippen LogP contribution < -0.4 is 9.47 Å². The zero-order chi connectivity index (χ0) is 14.0. The summed E-state index contributed by atoms with van der Waals surface area (Å²) in [6.45, 7) is 0. The van der Waals surface area contributed by atoms with E-state index in [-0.39, 0.29) is 10.8 Å². The van der Waals surface area contributed by atoms with Gasteiger partial charge in [-0.05, 0) is 23.8 Å². The van der Waals surface area contributed by atoms with Crippen LogP contribution in [0.15, 0.2) is 30.3 Å². The van der Waals surface area contributed by atoms with Gasteiger partial charge in [-0.15, -0.1) is 0 Å². The standard InChI is InChI=1S/C14H12Cl2O3/c1-18-13-4-3-8(5-14(13)19-2)9-6-11(16)12(17)7-10(9)15/h3-7,17H,1-2H3. The Kier molecular flexibility index (Phi) is 4.08. The number of phenolic OH excluding ortho intramolecular Hbond substituents is 1. The summed E-state index contributed by atoms with van der Waals surface area (Å²) < 4.78 is 10.4. The zero-order valence-corrected chi connectivity index (χ0v) is 11.9. The lowest BCUT2D eigenvalue weighted by Crippen LogP contribution is -1.91. The smallest absolute Gasteiger partial charge is 0.161 e. The van der Waals surface area contributed by atoms with Gasteiger partial charge in [0.25, 0.3) is 0 Å². The molecule has 0 radical (unpaired) electrons. The topological polar surface area (TPSA) is 38.7 Å². The number of benzene rings is 2. The van der Waals surface area contributed by atoms with E-state index in [1.54, 1.807) is 32.4 Å². The highest BCUT2D eigenvalue weighted by Crippen LogP contribution is 2.39. The van der Waals surface area contributed by atoms with Crippen molar-refractivity contribution in [3.05, 3.63) is 40.4 Å². The van der Waals surface area contributed by atoms with E-state index in [1.165, 1.54) is 6.07 Å². The molecule has 0 fully saturated rings. The average molecular weight is 299 g/mol. The van der Waals surface area contributed by atoms with Gasteiger partial charge in [0, 0.05) is 11.6 Å². The van der Waals surface area contributed by atoms with Crippen LogP contribution in [0.1, 0.15) is 0 Å². The monoisotopic (exact) mass is 298 g/mol. The normalized spacial score (nSPS) is 10.3. The number of methoxy groups -OCH3 is 2. The van der Waals surface area contributed by atoms with Crippen LogP contribution in [0.25, 0.3) is 11.1 Å². The van der Waals surface area contributed by atoms with Crippen molar-refractivity contribution in [2.45, 2.75) is 0 Å². The molecule has 5 heteroatoms. The van der Waals surface area contributed by atoms with E-state index in [9.17, 15) is 5.11 Å². The van der Waals surface area contributed by atoms with E-state index in [1.807, 2.05) is 6.07 Å². The lowest BCUT2D eigenvalue weighted by Gasteiger charge is -2.11. The fourth-order valence-corrected chi connectivity index (χ4v) is 2.19. The minimum Gasteiger partial charge on any atom is -0.506 e. The molecule has 0 spiro atoms. The molecule has 2 rings (SSSR count). The minimum absolute atomic E-state index is 0.0455. The third-order valence-corrected chi connectivity index (χ3v) is 3.35. The van der Waals surface area contributed by atoms with Crippen molar-refractivity contribution in [1.82, 2.24) is 0 Å². The van der Waals surface area contributed by atoms with E-state index < -0.39 is 0 Å². The molecule has 0 saturated carbocycles. The Morgan fingerprint density at radius 1 is 0.895 bits per heavy atom. The van der Waals surface area contributed by atoms with Crippen molar-refractivity contribution in [1.29, 1.82) is 0 Å². The first-order chi connectivity index (χ1) is 9.06. The van der Waals surface area contributed by atoms with E-state index in [0.29, 0.717) is 22.1 Å². The number of rotatable bonds is 3. The Morgan fingerprint density at radius 3 is 2.21 bits per heavy atom. The van der Waals surface area contributed by atoms with Crippen molar-refractivity contribution in [3.63, 3.8) is 0 Å². The van der Waals surface area contributed by atoms with E-state index in [4.69, 9.17) is 32.7 Å². The number of phenols is 1. The molecular formula is C14H12Cl2O3. The molecule has 100 valence electrons. The van der Waals surface area contributed by atoms with Crippen LogP contribution in [0.2, 0.25) is 10.0 Å². The van der Waals surface area contributed by atoms with Crippen molar-refractivity contribution in [3.8, 4) is 28.4 Å². The molecule has 0 heterocycles. The molecule has 0 atom stereocenters. The highest BCUT2D eigenvalue weighted by molar-refractivity contribution is 6.36. The van der Waals surface area contributed by atoms with Gasteiger partial charge in [0.2, 0.25) is 0 Å². The van der Waals surface area contributed by atoms with Crippen LogP contribution >= 0.6 is 23.2 Å². The predicted octanol–water partition coefficient (Wildman–Crippen LogP) is 4.38. The lowest BCUT2D eigenvalue weighted by molar-refractivity contribution is 0.355. The maximum atomic E-state index is 9.49. The number of ether oxygens (including phenoxy) is 2. The molecule has 0 aliphatic carbocycles. The molecule has 0 amide bonds. The van der Waals surface area contributed by atoms with Gasteiger partial charge in [-0.25, -0.2) is 0 Å². The minimum atomic E-state index is -0.0455. The number of halogens is 2. The SMILES string of the molecule is COc1ccc(-c2cc(Cl)c(O)cc2Cl)cc1OC. The maximum Gasteiger partial charge on any atom is 0.161 e. The van der Waals surface area contributed by atoms with Crippen molar-refractivity contribution in [2.75, 3.05) is 14.2 Å². The lowest BCUT2D eigenvalue weighted by atomic mass is 10.0. The molecule has 0 saturated heterocycles. The Morgan fingerprint density at radius 2 is 1.58 bits per heavy atom. The first-order valence-corrected chi connectivity index (χ1v) is 6.22. The number of aromatic hydroxyl groups is 1. The molecule has 0 aromatic heterocycles. The number of hydrogen-bond acceptors (Lipinski definition) is 3. The Bertz CT molecular complexity index is 612. The van der Waals surface area contributed by atoms with Crippen LogP contribution in [-0.2, 0) is 0 Å². The second-order valence-corrected chi connectivity index (χ2v) is 4.67. The van der Waals surface area contributed by atoms with Crippen LogP contribution in [0, 0.1) is 0 Å². The summed E-state index contributed by atoms with van der Waals surface area (Å²) in [5.41, 5.74) is 1.54. The van der Waals surface area contributed by atoms with Crippen molar-refractivity contribution in [2.24, 2.45) is 0 Å². The summed E-state index contributed by atoms with van der Waals surface area (Å²) in [5.74, 6) is 1.18. The number of hydrogen-bond donors (Lipinski definition) is 1. The average Bonchev–Trinajstić information content (AvgIpc) is 2.42. The first kappa shape index (κ1) is 13.8. The van der Waals surface area contributed by atoms with Gasteiger partial charge in [-0.1, -0.05) is 29.3 Å². The molecule has 2 aromatic rings. The fraction of sp³-hybridized carbons (Fsp3) is 0.143. The third-order valence-electron chi connectivity index (χ3n) is 2.73. The molecule has 19 heavy (non-hydrogen) atoms. The van der Waals surface area contributed by atoms with Gasteiger partial charge in [0.15, 0.2) is 11.5 Å². The summed E-state index contributed by atoms with van der Waals surface area (Å²) in [4.78, 5) is 0. The fourth-order valence-electron chi connectivity index (χ4n) is 1.76. The molecule has 2 aromatic carbocycles. The van der Waals surface area contributed by atoms with Gasteiger partial charge < -0.3 is 14.6 Å². The van der Waals surface area contributed by atoms with Gasteiger partial charge in [0.05, 0.1) is 24.3 Å². The summed E-state index contributed by atoms with van der Waals surface area (Å²) in [7, 11) is 3.13. The van der Waals surface area contributed by atoms with Gasteiger partial charge in [-0.2, -0.15) is 0 Å². The Hall–Kier alpha value is -1.58. The Balaban J connectivity index is 2.56. The summed E-state index contributed by atoms with van der Waals surface area (Å²) in [6, 6.07) is 8.45. The van der Waals surface area contributed by atoms with Gasteiger partial charge >= 0.3 is 0 Å². The molecule has 0 aliphatic rings. The van der Waals surface area contributed by atoms with E-state index in [0.717, 1.165) is 5.56 Å². The zero-order valence-electron chi connectivity index (χ0n) is 10.4. The molecular weight excluding hydrogens is 287 g/mol. The van der Waals surface area contributed by atoms with Gasteiger partial charge in [0.1, 0.15) is 5.75 Å². The molecule has 1 N–H and O–H groups in total. The van der Waals surface area contributed by atoms with Crippen molar-refractivity contribution < 1.29 is 14.6 Å². The van der Waals surface area contributed by atoms with Crippen LogP contribution in [0.3, 0.4) is 0 Å². The predicted molar refractivity (Wildman–Crippen MR) is 76.7 cm³/mol. The largest absolute Gasteiger partial charge is 0.506 e. The summed E-state index contributed by atoms with van der Waals surface area (Å²) >= 11 is 12.0. The van der Waals surface area contributed by atoms with Gasteiger partial charge in [-0.3, -0.25) is 0 Å². The van der Waals surface area contributed by atoms with Crippen molar-refractivity contribution >= 4 is 23.2 Å². The van der Waals surface area contributed by atoms with Crippen LogP contribution in [0.5, 0.6) is 17.2 Å². The first-order valence-electron chi connectivity index (χ1n) is 5.47. The second-order valence-electron chi connectivity index (χ2n) is 3.85. The molecule has 3 nitrogen and oxygen atoms in total. The molecule has 0 unspecified atom stereocenters. The van der Waals surface area contributed by atoms with E-state index >= 15 is 0 Å². The summed E-state index contributed by atoms with van der Waals surface area (Å²) in [6.07, 6.45) is 0. The molecule has 0 bridgehead atoms. The third kappa shape index (κ3) is 2.72. The second kappa shape index (κ2) is 5.59. The Labute approximate surface area is 121 Å². The highest BCUT2D eigenvalue weighted by atomic mass is 35.5. The van der Waals surface area contributed by atoms with E-state index in [2.05, 4.69) is 0 Å². The van der Waals surface area contributed by atoms with Crippen LogP contribution in [0.4, 0.5) is 0 Å². The summed E-state index contributed by atoms with van der Waals surface area (Å²) in [5, 5.41) is 10.1. The maximum absolute atomic E-state index is 9.49.